The molecule has 5 rings (SSSR count). The summed E-state index contributed by atoms with van der Waals surface area (Å²) in [6, 6.07) is 28.1. The van der Waals surface area contributed by atoms with Gasteiger partial charge in [-0.25, -0.2) is 4.98 Å². The Bertz CT molecular complexity index is 1770. The lowest BCUT2D eigenvalue weighted by atomic mass is 10.0. The molecule has 0 saturated heterocycles. The summed E-state index contributed by atoms with van der Waals surface area (Å²) in [5.74, 6) is 1.93. The molecule has 0 aliphatic heterocycles. The molecule has 0 N–H and O–H groups in total. The average molecular weight is 642 g/mol. The molecule has 0 fully saturated rings. The Labute approximate surface area is 269 Å². The molecule has 46 heavy (non-hydrogen) atoms. The van der Waals surface area contributed by atoms with Crippen LogP contribution in [0, 0.1) is 20.8 Å². The topological polar surface area (TPSA) is 44.5 Å². The summed E-state index contributed by atoms with van der Waals surface area (Å²) in [5.41, 5.74) is 3.44. The van der Waals surface area contributed by atoms with Crippen molar-refractivity contribution in [2.24, 2.45) is 0 Å². The Morgan fingerprint density at radius 1 is 0.783 bits per heavy atom. The lowest BCUT2D eigenvalue weighted by molar-refractivity contribution is -0.137. The first-order chi connectivity index (χ1) is 21.8. The molecule has 0 amide bonds. The maximum atomic E-state index is 12.8. The third-order valence-electron chi connectivity index (χ3n) is 8.25. The van der Waals surface area contributed by atoms with Crippen molar-refractivity contribution in [3.8, 4) is 11.5 Å². The van der Waals surface area contributed by atoms with Crippen LogP contribution in [0.1, 0.15) is 60.2 Å². The first-order valence-electron chi connectivity index (χ1n) is 15.1. The smallest absolute Gasteiger partial charge is 0.416 e. The number of oxazole rings is 1. The SMILES string of the molecule is Cc1cc(O[Si](c2ccccc2)(c2ccccc2)C(C)(C)C)c(C)c(C)c1OCc1coc(/C=C/c2ccc(C(F)(F)F)cc2)n1. The Morgan fingerprint density at radius 2 is 1.37 bits per heavy atom. The monoisotopic (exact) mass is 641 g/mol. The Kier molecular flexibility index (Phi) is 9.31. The highest BCUT2D eigenvalue weighted by atomic mass is 28.4. The Balaban J connectivity index is 1.37. The number of alkyl halides is 3. The molecule has 0 atom stereocenters. The highest BCUT2D eigenvalue weighted by Crippen LogP contribution is 2.41. The van der Waals surface area contributed by atoms with Crippen molar-refractivity contribution in [3.63, 3.8) is 0 Å². The number of hydrogen-bond donors (Lipinski definition) is 0. The normalized spacial score (nSPS) is 12.5. The summed E-state index contributed by atoms with van der Waals surface area (Å²) in [7, 11) is -2.82. The molecule has 0 unspecified atom stereocenters. The number of aromatic nitrogens is 1. The quantitative estimate of drug-likeness (QED) is 0.151. The van der Waals surface area contributed by atoms with Gasteiger partial charge in [-0.2, -0.15) is 13.2 Å². The molecule has 238 valence electrons. The molecular formula is C38H38F3NO3Si. The van der Waals surface area contributed by atoms with Gasteiger partial charge in [0.15, 0.2) is 0 Å². The van der Waals surface area contributed by atoms with Gasteiger partial charge >= 0.3 is 14.5 Å². The highest BCUT2D eigenvalue weighted by Gasteiger charge is 2.52. The van der Waals surface area contributed by atoms with Gasteiger partial charge in [0.25, 0.3) is 0 Å². The summed E-state index contributed by atoms with van der Waals surface area (Å²) in [4.78, 5) is 4.46. The highest BCUT2D eigenvalue weighted by molar-refractivity contribution is 7.00. The molecule has 0 bridgehead atoms. The van der Waals surface area contributed by atoms with Crippen LogP contribution in [0.15, 0.2) is 102 Å². The van der Waals surface area contributed by atoms with Crippen molar-refractivity contribution in [1.82, 2.24) is 4.98 Å². The van der Waals surface area contributed by atoms with E-state index in [0.29, 0.717) is 17.1 Å². The van der Waals surface area contributed by atoms with Crippen LogP contribution in [0.3, 0.4) is 0 Å². The van der Waals surface area contributed by atoms with Crippen molar-refractivity contribution >= 4 is 30.8 Å². The summed E-state index contributed by atoms with van der Waals surface area (Å²) >= 11 is 0. The van der Waals surface area contributed by atoms with E-state index in [1.54, 1.807) is 12.2 Å². The van der Waals surface area contributed by atoms with Crippen LogP contribution in [0.25, 0.3) is 12.2 Å². The fourth-order valence-corrected chi connectivity index (χ4v) is 10.2. The number of halogens is 3. The van der Waals surface area contributed by atoms with E-state index in [1.807, 2.05) is 26.0 Å². The lowest BCUT2D eigenvalue weighted by Gasteiger charge is -2.43. The van der Waals surface area contributed by atoms with Gasteiger partial charge in [0, 0.05) is 6.08 Å². The fraction of sp³-hybridized carbons (Fsp3) is 0.237. The third-order valence-corrected chi connectivity index (χ3v) is 13.2. The van der Waals surface area contributed by atoms with Crippen molar-refractivity contribution in [1.29, 1.82) is 0 Å². The van der Waals surface area contributed by atoms with Gasteiger partial charge in [-0.1, -0.05) is 93.6 Å². The van der Waals surface area contributed by atoms with Crippen molar-refractivity contribution in [2.45, 2.75) is 59.4 Å². The van der Waals surface area contributed by atoms with Gasteiger partial charge < -0.3 is 13.6 Å². The van der Waals surface area contributed by atoms with Crippen LogP contribution in [-0.4, -0.2) is 13.3 Å². The zero-order valence-corrected chi connectivity index (χ0v) is 27.9. The van der Waals surface area contributed by atoms with Crippen LogP contribution in [0.2, 0.25) is 5.04 Å². The second-order valence-electron chi connectivity index (χ2n) is 12.5. The maximum absolute atomic E-state index is 12.8. The summed E-state index contributed by atoms with van der Waals surface area (Å²) in [6.45, 7) is 13.1. The van der Waals surface area contributed by atoms with Gasteiger partial charge in [-0.05, 0) is 82.7 Å². The Hall–Kier alpha value is -4.56. The molecule has 0 saturated carbocycles. The molecule has 4 nitrogen and oxygen atoms in total. The first kappa shape index (κ1) is 32.8. The number of benzene rings is 4. The lowest BCUT2D eigenvalue weighted by Crippen LogP contribution is -2.68. The minimum atomic E-state index is -4.37. The second kappa shape index (κ2) is 13.0. The molecule has 8 heteroatoms. The minimum Gasteiger partial charge on any atom is -0.534 e. The molecule has 0 aliphatic carbocycles. The van der Waals surface area contributed by atoms with Gasteiger partial charge in [-0.15, -0.1) is 0 Å². The molecule has 5 aromatic rings. The summed E-state index contributed by atoms with van der Waals surface area (Å²) in [5, 5.41) is 2.24. The molecule has 0 aliphatic rings. The molecule has 1 aromatic heterocycles. The molecule has 4 aromatic carbocycles. The predicted octanol–water partition coefficient (Wildman–Crippen LogP) is 9.31. The van der Waals surface area contributed by atoms with E-state index in [4.69, 9.17) is 13.6 Å². The van der Waals surface area contributed by atoms with Crippen molar-refractivity contribution < 1.29 is 26.8 Å². The number of rotatable bonds is 9. The Morgan fingerprint density at radius 3 is 1.91 bits per heavy atom. The largest absolute Gasteiger partial charge is 0.534 e. The van der Waals surface area contributed by atoms with Crippen molar-refractivity contribution in [2.75, 3.05) is 0 Å². The fourth-order valence-electron chi connectivity index (χ4n) is 5.73. The van der Waals surface area contributed by atoms with Gasteiger partial charge in [0.1, 0.15) is 30.1 Å². The molecule has 0 spiro atoms. The van der Waals surface area contributed by atoms with E-state index in [0.717, 1.165) is 40.3 Å². The number of nitrogens with zero attached hydrogens (tertiary/aromatic N) is 1. The van der Waals surface area contributed by atoms with Crippen LogP contribution < -0.4 is 19.5 Å². The second-order valence-corrected chi connectivity index (χ2v) is 16.7. The van der Waals surface area contributed by atoms with E-state index >= 15 is 0 Å². The van der Waals surface area contributed by atoms with E-state index in [-0.39, 0.29) is 11.6 Å². The number of hydrogen-bond acceptors (Lipinski definition) is 4. The van der Waals surface area contributed by atoms with E-state index in [9.17, 15) is 13.2 Å². The maximum Gasteiger partial charge on any atom is 0.416 e. The van der Waals surface area contributed by atoms with Crippen LogP contribution in [0.4, 0.5) is 13.2 Å². The summed E-state index contributed by atoms with van der Waals surface area (Å²) < 4.78 is 57.7. The molecule has 1 heterocycles. The average Bonchev–Trinajstić information content (AvgIpc) is 3.49. The number of ether oxygens (including phenoxy) is 1. The van der Waals surface area contributed by atoms with Gasteiger partial charge in [-0.3, -0.25) is 0 Å². The third kappa shape index (κ3) is 6.82. The van der Waals surface area contributed by atoms with Crippen LogP contribution in [0.5, 0.6) is 11.5 Å². The standard InChI is InChI=1S/C38H38F3NO3Si/c1-26-23-34(45-46(37(4,5)6,32-13-9-7-10-14-32)33-15-11-8-12-16-33)27(2)28(3)36(26)44-25-31-24-43-35(42-31)22-19-29-17-20-30(21-18-29)38(39,40)41/h7-24H,25H2,1-6H3/b22-19+. The van der Waals surface area contributed by atoms with Crippen LogP contribution in [-0.2, 0) is 12.8 Å². The number of aryl methyl sites for hydroxylation is 1. The predicted molar refractivity (Wildman–Crippen MR) is 180 cm³/mol. The minimum absolute atomic E-state index is 0.176. The zero-order valence-electron chi connectivity index (χ0n) is 26.9. The van der Waals surface area contributed by atoms with Gasteiger partial charge in [0.05, 0.1) is 5.56 Å². The first-order valence-corrected chi connectivity index (χ1v) is 17.0. The van der Waals surface area contributed by atoms with Gasteiger partial charge in [0.2, 0.25) is 5.89 Å². The zero-order chi connectivity index (χ0) is 33.1. The van der Waals surface area contributed by atoms with E-state index < -0.39 is 20.1 Å². The molecular weight excluding hydrogens is 604 g/mol. The van der Waals surface area contributed by atoms with Crippen LogP contribution >= 0.6 is 0 Å². The molecule has 0 radical (unpaired) electrons. The van der Waals surface area contributed by atoms with Crippen molar-refractivity contribution in [3.05, 3.63) is 137 Å². The van der Waals surface area contributed by atoms with E-state index in [2.05, 4.69) is 87.3 Å². The van der Waals surface area contributed by atoms with E-state index in [1.165, 1.54) is 28.8 Å². The summed E-state index contributed by atoms with van der Waals surface area (Å²) in [6.07, 6.45) is 0.415.